The number of carboxylic acid groups (broad SMARTS) is 1. The lowest BCUT2D eigenvalue weighted by Crippen LogP contribution is -2.29. The van der Waals surface area contributed by atoms with Crippen molar-refractivity contribution in [2.75, 3.05) is 13.1 Å². The zero-order valence-electron chi connectivity index (χ0n) is 18.3. The Morgan fingerprint density at radius 3 is 2.46 bits per heavy atom. The van der Waals surface area contributed by atoms with Gasteiger partial charge in [0.25, 0.3) is 0 Å². The number of aromatic nitrogens is 1. The Bertz CT molecular complexity index is 1390. The van der Waals surface area contributed by atoms with E-state index >= 15 is 0 Å². The number of phenolic OH excluding ortho intramolecular Hbond substituents is 1. The van der Waals surface area contributed by atoms with Gasteiger partial charge in [-0.3, -0.25) is 4.90 Å². The molecule has 0 unspecified atom stereocenters. The molecule has 2 N–H and O–H groups in total. The van der Waals surface area contributed by atoms with Gasteiger partial charge in [-0.25, -0.2) is 14.6 Å². The number of carbonyl (C=O) groups is 1. The number of aromatic hydroxyl groups is 1. The number of para-hydroxylation sites is 1. The number of halogens is 3. The fourth-order valence-corrected chi connectivity index (χ4v) is 4.83. The predicted octanol–water partition coefficient (Wildman–Crippen LogP) is 5.39. The zero-order chi connectivity index (χ0) is 25.2. The van der Waals surface area contributed by atoms with Gasteiger partial charge in [0.15, 0.2) is 0 Å². The van der Waals surface area contributed by atoms with E-state index in [0.717, 1.165) is 41.5 Å². The van der Waals surface area contributed by atoms with Crippen molar-refractivity contribution >= 4 is 38.5 Å². The molecule has 0 amide bonds. The molecule has 1 aliphatic heterocycles. The number of hydrogen-bond donors (Lipinski definition) is 2. The topological polar surface area (TPSA) is 104 Å². The Morgan fingerprint density at radius 2 is 1.80 bits per heavy atom. The number of hydrogen-bond acceptors (Lipinski definition) is 7. The van der Waals surface area contributed by atoms with Gasteiger partial charge in [0.2, 0.25) is 0 Å². The van der Waals surface area contributed by atoms with Crippen molar-refractivity contribution in [1.82, 2.24) is 9.88 Å². The van der Waals surface area contributed by atoms with Gasteiger partial charge < -0.3 is 14.6 Å². The van der Waals surface area contributed by atoms with E-state index in [1.165, 1.54) is 17.8 Å². The molecular weight excluding hydrogens is 485 g/mol. The van der Waals surface area contributed by atoms with Crippen LogP contribution in [0.5, 0.6) is 5.75 Å². The molecule has 0 bridgehead atoms. The van der Waals surface area contributed by atoms with Gasteiger partial charge in [0.05, 0.1) is 21.3 Å². The standard InChI is InChI=1S/C22H20N2O3S.C2HF3O2/c25-18-9-8-14-12-15(21-23-17-6-2-3-7-19(17)28-21)22(26)27-20(14)16(18)13-24-10-4-1-5-11-24;3-2(4,5)1(6)7/h2-3,6-9,12,25H,1,4-5,10-11,13H2;(H,6,7). The van der Waals surface area contributed by atoms with E-state index in [-0.39, 0.29) is 5.75 Å². The number of carboxylic acids is 1. The summed E-state index contributed by atoms with van der Waals surface area (Å²) in [5, 5.41) is 19.0. The summed E-state index contributed by atoms with van der Waals surface area (Å²) < 4.78 is 38.5. The average molecular weight is 507 g/mol. The third kappa shape index (κ3) is 5.63. The summed E-state index contributed by atoms with van der Waals surface area (Å²) in [5.41, 5.74) is 2.08. The molecule has 11 heteroatoms. The highest BCUT2D eigenvalue weighted by molar-refractivity contribution is 7.21. The Labute approximate surface area is 201 Å². The number of nitrogens with zero attached hydrogens (tertiary/aromatic N) is 2. The van der Waals surface area contributed by atoms with Crippen LogP contribution in [0.25, 0.3) is 31.8 Å². The molecule has 184 valence electrons. The molecule has 5 rings (SSSR count). The van der Waals surface area contributed by atoms with Gasteiger partial charge in [0.1, 0.15) is 16.3 Å². The van der Waals surface area contributed by atoms with E-state index in [2.05, 4.69) is 9.88 Å². The Morgan fingerprint density at radius 1 is 1.11 bits per heavy atom. The molecule has 2 aromatic carbocycles. The van der Waals surface area contributed by atoms with Crippen molar-refractivity contribution < 1.29 is 32.6 Å². The molecule has 0 aliphatic carbocycles. The second-order valence-corrected chi connectivity index (χ2v) is 9.09. The third-order valence-corrected chi connectivity index (χ3v) is 6.65. The normalized spacial score (nSPS) is 14.6. The molecule has 4 aromatic rings. The van der Waals surface area contributed by atoms with E-state index in [1.54, 1.807) is 12.1 Å². The molecule has 7 nitrogen and oxygen atoms in total. The van der Waals surface area contributed by atoms with Crippen molar-refractivity contribution in [3.05, 3.63) is 58.4 Å². The van der Waals surface area contributed by atoms with Crippen molar-refractivity contribution in [3.8, 4) is 16.3 Å². The van der Waals surface area contributed by atoms with Crippen molar-refractivity contribution in [2.45, 2.75) is 32.0 Å². The highest BCUT2D eigenvalue weighted by Gasteiger charge is 2.38. The highest BCUT2D eigenvalue weighted by Crippen LogP contribution is 2.33. The van der Waals surface area contributed by atoms with Crippen LogP contribution in [0.3, 0.4) is 0 Å². The molecule has 3 heterocycles. The van der Waals surface area contributed by atoms with Crippen LogP contribution in [0.4, 0.5) is 13.2 Å². The van der Waals surface area contributed by atoms with Crippen molar-refractivity contribution in [2.24, 2.45) is 0 Å². The van der Waals surface area contributed by atoms with E-state index < -0.39 is 17.8 Å². The van der Waals surface area contributed by atoms with Gasteiger partial charge in [0, 0.05) is 11.9 Å². The average Bonchev–Trinajstić information content (AvgIpc) is 3.25. The summed E-state index contributed by atoms with van der Waals surface area (Å²) in [6, 6.07) is 13.1. The molecule has 1 fully saturated rings. The fourth-order valence-electron chi connectivity index (χ4n) is 3.86. The summed E-state index contributed by atoms with van der Waals surface area (Å²) in [7, 11) is 0. The SMILES string of the molecule is O=C(O)C(F)(F)F.O=c1oc2c(CN3CCCCC3)c(O)ccc2cc1-c1nc2ccccc2s1. The maximum absolute atomic E-state index is 12.8. The van der Waals surface area contributed by atoms with Gasteiger partial charge >= 0.3 is 17.8 Å². The number of benzene rings is 2. The maximum Gasteiger partial charge on any atom is 0.490 e. The monoisotopic (exact) mass is 506 g/mol. The van der Waals surface area contributed by atoms with Crippen LogP contribution in [0, 0.1) is 0 Å². The minimum atomic E-state index is -5.08. The molecule has 1 aliphatic rings. The number of alkyl halides is 3. The van der Waals surface area contributed by atoms with Crippen LogP contribution < -0.4 is 5.63 Å². The number of phenols is 1. The minimum Gasteiger partial charge on any atom is -0.507 e. The fraction of sp³-hybridized carbons (Fsp3) is 0.292. The predicted molar refractivity (Wildman–Crippen MR) is 126 cm³/mol. The number of likely N-dealkylation sites (tertiary alicyclic amines) is 1. The maximum atomic E-state index is 12.8. The molecule has 0 saturated carbocycles. The summed E-state index contributed by atoms with van der Waals surface area (Å²) >= 11 is 1.48. The van der Waals surface area contributed by atoms with Gasteiger partial charge in [-0.05, 0) is 56.3 Å². The molecule has 35 heavy (non-hydrogen) atoms. The van der Waals surface area contributed by atoms with Gasteiger partial charge in [-0.15, -0.1) is 11.3 Å². The smallest absolute Gasteiger partial charge is 0.490 e. The summed E-state index contributed by atoms with van der Waals surface area (Å²) in [4.78, 5) is 28.6. The first-order valence-corrected chi connectivity index (χ1v) is 11.6. The first-order valence-electron chi connectivity index (χ1n) is 10.8. The Balaban J connectivity index is 0.000000364. The van der Waals surface area contributed by atoms with Crippen LogP contribution in [0.1, 0.15) is 24.8 Å². The van der Waals surface area contributed by atoms with Gasteiger partial charge in [-0.2, -0.15) is 13.2 Å². The second kappa shape index (κ2) is 10.0. The van der Waals surface area contributed by atoms with Crippen LogP contribution in [-0.2, 0) is 11.3 Å². The number of fused-ring (bicyclic) bond motifs is 2. The van der Waals surface area contributed by atoms with Crippen molar-refractivity contribution in [1.29, 1.82) is 0 Å². The van der Waals surface area contributed by atoms with Gasteiger partial charge in [-0.1, -0.05) is 18.6 Å². The quantitative estimate of drug-likeness (QED) is 0.359. The van der Waals surface area contributed by atoms with E-state index in [9.17, 15) is 23.1 Å². The number of piperidine rings is 1. The number of rotatable bonds is 3. The largest absolute Gasteiger partial charge is 0.507 e. The Kier molecular flexibility index (Phi) is 7.08. The van der Waals surface area contributed by atoms with Crippen LogP contribution >= 0.6 is 11.3 Å². The second-order valence-electron chi connectivity index (χ2n) is 8.06. The third-order valence-electron chi connectivity index (χ3n) is 5.58. The zero-order valence-corrected chi connectivity index (χ0v) is 19.2. The molecular formula is C24H21F3N2O5S. The molecule has 0 atom stereocenters. The number of aliphatic carboxylic acids is 1. The molecule has 1 saturated heterocycles. The summed E-state index contributed by atoms with van der Waals surface area (Å²) in [5.74, 6) is -2.58. The molecule has 0 radical (unpaired) electrons. The molecule has 2 aromatic heterocycles. The van der Waals surface area contributed by atoms with Crippen LogP contribution in [0.15, 0.2) is 51.7 Å². The van der Waals surface area contributed by atoms with E-state index in [4.69, 9.17) is 14.3 Å². The number of thiazole rings is 1. The lowest BCUT2D eigenvalue weighted by atomic mass is 10.1. The minimum absolute atomic E-state index is 0.175. The van der Waals surface area contributed by atoms with Crippen molar-refractivity contribution in [3.63, 3.8) is 0 Å². The lowest BCUT2D eigenvalue weighted by molar-refractivity contribution is -0.192. The van der Waals surface area contributed by atoms with Crippen LogP contribution in [-0.4, -0.2) is 45.3 Å². The summed E-state index contributed by atoms with van der Waals surface area (Å²) in [6.07, 6.45) is -1.51. The van der Waals surface area contributed by atoms with E-state index in [0.29, 0.717) is 28.3 Å². The first-order chi connectivity index (χ1) is 16.6. The molecule has 0 spiro atoms. The highest BCUT2D eigenvalue weighted by atomic mass is 32.1. The Hall–Kier alpha value is -3.44. The first kappa shape index (κ1) is 24.7. The van der Waals surface area contributed by atoms with E-state index in [1.807, 2.05) is 30.3 Å². The lowest BCUT2D eigenvalue weighted by Gasteiger charge is -2.26. The van der Waals surface area contributed by atoms with Crippen LogP contribution in [0.2, 0.25) is 0 Å². The summed E-state index contributed by atoms with van der Waals surface area (Å²) in [6.45, 7) is 2.60.